The molecular weight excluding hydrogens is 494 g/mol. The molecule has 0 atom stereocenters. The first-order chi connectivity index (χ1) is 19.2. The summed E-state index contributed by atoms with van der Waals surface area (Å²) in [6.07, 6.45) is 0. The maximum absolute atomic E-state index is 5.19. The van der Waals surface area contributed by atoms with E-state index in [1.807, 2.05) is 66.8 Å². The summed E-state index contributed by atoms with van der Waals surface area (Å²) in [5, 5.41) is 4.89. The van der Waals surface area contributed by atoms with E-state index in [1.54, 1.807) is 0 Å². The lowest BCUT2D eigenvalue weighted by molar-refractivity contribution is 1.22. The number of fused-ring (bicyclic) bond motifs is 7. The number of nitrogens with zero attached hydrogens (tertiary/aromatic N) is 3. The van der Waals surface area contributed by atoms with Crippen LogP contribution in [0.15, 0.2) is 138 Å². The summed E-state index contributed by atoms with van der Waals surface area (Å²) in [4.78, 5) is 10.3. The molecule has 0 aliphatic carbocycles. The lowest BCUT2D eigenvalue weighted by atomic mass is 10.1. The molecule has 5 aromatic carbocycles. The van der Waals surface area contributed by atoms with Crippen molar-refractivity contribution in [2.45, 2.75) is 6.92 Å². The van der Waals surface area contributed by atoms with E-state index in [9.17, 15) is 0 Å². The van der Waals surface area contributed by atoms with Gasteiger partial charge in [0.05, 0.1) is 21.4 Å². The van der Waals surface area contributed by atoms with Crippen LogP contribution in [0.1, 0.15) is 18.1 Å². The summed E-state index contributed by atoms with van der Waals surface area (Å²) >= 11 is 1.82. The van der Waals surface area contributed by atoms with Gasteiger partial charge in [0.25, 0.3) is 0 Å². The second kappa shape index (κ2) is 9.50. The second-order valence-corrected chi connectivity index (χ2v) is 10.6. The highest BCUT2D eigenvalue weighted by atomic mass is 32.1. The van der Waals surface area contributed by atoms with Crippen LogP contribution in [0.5, 0.6) is 0 Å². The largest absolute Gasteiger partial charge is 0.276 e. The summed E-state index contributed by atoms with van der Waals surface area (Å²) < 4.78 is 4.73. The first kappa shape index (κ1) is 23.3. The number of hydrogen-bond acceptors (Lipinski definition) is 2. The molecule has 0 aliphatic heterocycles. The van der Waals surface area contributed by atoms with Crippen LogP contribution in [0.2, 0.25) is 0 Å². The molecule has 7 rings (SSSR count). The van der Waals surface area contributed by atoms with Gasteiger partial charge in [0.15, 0.2) is 0 Å². The molecule has 0 amide bonds. The minimum atomic E-state index is 0.598. The Bertz CT molecular complexity index is 2080. The van der Waals surface area contributed by atoms with Crippen molar-refractivity contribution >= 4 is 70.7 Å². The van der Waals surface area contributed by atoms with Crippen molar-refractivity contribution in [2.24, 2.45) is 9.98 Å². The van der Waals surface area contributed by atoms with Gasteiger partial charge in [0, 0.05) is 32.0 Å². The minimum absolute atomic E-state index is 0.598. The number of rotatable bonds is 3. The van der Waals surface area contributed by atoms with Crippen molar-refractivity contribution in [3.63, 3.8) is 0 Å². The van der Waals surface area contributed by atoms with Gasteiger partial charge in [-0.25, -0.2) is 9.98 Å². The fourth-order valence-electron chi connectivity index (χ4n) is 5.27. The highest BCUT2D eigenvalue weighted by molar-refractivity contribution is 7.26. The van der Waals surface area contributed by atoms with Gasteiger partial charge in [-0.15, -0.1) is 11.3 Å². The van der Waals surface area contributed by atoms with Crippen LogP contribution in [-0.4, -0.2) is 16.2 Å². The van der Waals surface area contributed by atoms with Gasteiger partial charge in [-0.3, -0.25) is 4.57 Å². The second-order valence-electron chi connectivity index (χ2n) is 9.58. The van der Waals surface area contributed by atoms with Crippen LogP contribution in [0, 0.1) is 0 Å². The number of hydrogen-bond donors (Lipinski definition) is 0. The lowest BCUT2D eigenvalue weighted by Gasteiger charge is -2.11. The summed E-state index contributed by atoms with van der Waals surface area (Å²) in [5.74, 6) is 0.598. The maximum Gasteiger partial charge on any atom is 0.235 e. The van der Waals surface area contributed by atoms with Crippen molar-refractivity contribution in [3.05, 3.63) is 139 Å². The molecule has 0 N–H and O–H groups in total. The quantitative estimate of drug-likeness (QED) is 0.164. The number of benzene rings is 5. The lowest BCUT2D eigenvalue weighted by Crippen LogP contribution is -2.12. The van der Waals surface area contributed by atoms with E-state index < -0.39 is 0 Å². The third-order valence-corrected chi connectivity index (χ3v) is 8.37. The van der Waals surface area contributed by atoms with E-state index >= 15 is 0 Å². The van der Waals surface area contributed by atoms with Gasteiger partial charge in [-0.2, -0.15) is 0 Å². The molecule has 7 aromatic rings. The van der Waals surface area contributed by atoms with Crippen molar-refractivity contribution < 1.29 is 0 Å². The zero-order chi connectivity index (χ0) is 26.3. The average Bonchev–Trinajstić information content (AvgIpc) is 3.53. The van der Waals surface area contributed by atoms with E-state index in [-0.39, 0.29) is 0 Å². The monoisotopic (exact) mass is 519 g/mol. The van der Waals surface area contributed by atoms with Gasteiger partial charge in [0.2, 0.25) is 5.96 Å². The number of para-hydroxylation sites is 1. The van der Waals surface area contributed by atoms with Crippen molar-refractivity contribution in [1.82, 2.24) is 4.57 Å². The molecule has 186 valence electrons. The molecule has 39 heavy (non-hydrogen) atoms. The molecule has 0 saturated heterocycles. The molecule has 0 bridgehead atoms. The normalized spacial score (nSPS) is 12.6. The van der Waals surface area contributed by atoms with Crippen molar-refractivity contribution in [1.29, 1.82) is 0 Å². The molecule has 2 aromatic heterocycles. The Balaban J connectivity index is 1.59. The Labute approximate surface area is 230 Å². The summed E-state index contributed by atoms with van der Waals surface area (Å²) in [6.45, 7) is 6.39. The Kier molecular flexibility index (Phi) is 5.68. The van der Waals surface area contributed by atoms with Gasteiger partial charge < -0.3 is 0 Å². The molecule has 0 spiro atoms. The van der Waals surface area contributed by atoms with Crippen LogP contribution >= 0.6 is 11.3 Å². The fraction of sp³-hybridized carbons (Fsp3) is 0.0286. The van der Waals surface area contributed by atoms with Gasteiger partial charge in [-0.1, -0.05) is 116 Å². The first-order valence-corrected chi connectivity index (χ1v) is 13.8. The van der Waals surface area contributed by atoms with Crippen LogP contribution in [0.3, 0.4) is 0 Å². The molecular formula is C35H25N3S. The topological polar surface area (TPSA) is 29.6 Å². The minimum Gasteiger partial charge on any atom is -0.276 e. The van der Waals surface area contributed by atoms with Crippen molar-refractivity contribution in [2.75, 3.05) is 0 Å². The smallest absolute Gasteiger partial charge is 0.235 e. The third kappa shape index (κ3) is 3.97. The van der Waals surface area contributed by atoms with Crippen LogP contribution in [0.4, 0.5) is 0 Å². The fourth-order valence-corrected chi connectivity index (χ4v) is 6.51. The molecule has 4 heteroatoms. The van der Waals surface area contributed by atoms with E-state index in [0.717, 1.165) is 27.9 Å². The van der Waals surface area contributed by atoms with E-state index in [0.29, 0.717) is 11.7 Å². The molecule has 0 unspecified atom stereocenters. The number of aromatic nitrogens is 1. The predicted octanol–water partition coefficient (Wildman–Crippen LogP) is 9.55. The Morgan fingerprint density at radius 2 is 1.23 bits per heavy atom. The summed E-state index contributed by atoms with van der Waals surface area (Å²) in [5.41, 5.74) is 5.79. The third-order valence-electron chi connectivity index (χ3n) is 7.18. The van der Waals surface area contributed by atoms with Gasteiger partial charge in [0.1, 0.15) is 0 Å². The molecule has 0 aliphatic rings. The summed E-state index contributed by atoms with van der Waals surface area (Å²) in [6, 6.07) is 42.0. The Morgan fingerprint density at radius 3 is 2.00 bits per heavy atom. The number of aliphatic imine (C=N–C) groups is 2. The summed E-state index contributed by atoms with van der Waals surface area (Å²) in [7, 11) is 0. The molecule has 3 nitrogen and oxygen atoms in total. The van der Waals surface area contributed by atoms with Crippen LogP contribution in [0.25, 0.3) is 47.7 Å². The zero-order valence-electron chi connectivity index (χ0n) is 21.5. The maximum atomic E-state index is 5.19. The highest BCUT2D eigenvalue weighted by Gasteiger charge is 2.20. The first-order valence-electron chi connectivity index (χ1n) is 13.0. The Hall–Kier alpha value is -4.80. The van der Waals surface area contributed by atoms with Gasteiger partial charge in [-0.05, 0) is 30.2 Å². The van der Waals surface area contributed by atoms with E-state index in [2.05, 4.69) is 83.9 Å². The predicted molar refractivity (Wildman–Crippen MR) is 169 cm³/mol. The van der Waals surface area contributed by atoms with Crippen LogP contribution in [-0.2, 0) is 0 Å². The molecule has 2 heterocycles. The van der Waals surface area contributed by atoms with Crippen LogP contribution < -0.4 is 0 Å². The number of thiophene rings is 1. The van der Waals surface area contributed by atoms with E-state index in [1.165, 1.54) is 30.9 Å². The molecule has 0 radical (unpaired) electrons. The molecule has 0 saturated carbocycles. The van der Waals surface area contributed by atoms with Gasteiger partial charge >= 0.3 is 0 Å². The average molecular weight is 520 g/mol. The highest BCUT2D eigenvalue weighted by Crippen LogP contribution is 2.41. The SMILES string of the molecule is C=C(N=C(N=C(C)c1ccccc1)n1c2ccccc2c2ccc3c4ccccc4sc3c21)c1ccccc1. The standard InChI is InChI=1S/C35H25N3S/c1-23(25-13-5-3-6-14-25)36-35(37-24(2)26-15-7-4-8-16-26)38-31-19-11-9-17-27(31)29-21-22-30-28-18-10-12-20-32(28)39-34(30)33(29)38/h3-22H,1H2,2H3. The van der Waals surface area contributed by atoms with Crippen molar-refractivity contribution in [3.8, 4) is 0 Å². The van der Waals surface area contributed by atoms with E-state index in [4.69, 9.17) is 9.98 Å². The molecule has 0 fully saturated rings. The zero-order valence-corrected chi connectivity index (χ0v) is 22.3. The Morgan fingerprint density at radius 1 is 0.615 bits per heavy atom.